The second-order valence-electron chi connectivity index (χ2n) is 3.92. The zero-order valence-corrected chi connectivity index (χ0v) is 11.3. The molecule has 2 rings (SSSR count). The summed E-state index contributed by atoms with van der Waals surface area (Å²) in [5.41, 5.74) is -2.64. The van der Waals surface area contributed by atoms with Gasteiger partial charge in [-0.25, -0.2) is 0 Å². The van der Waals surface area contributed by atoms with E-state index in [1.165, 1.54) is 12.1 Å². The van der Waals surface area contributed by atoms with E-state index < -0.39 is 24.3 Å². The number of anilines is 1. The Hall–Kier alpha value is -1.44. The van der Waals surface area contributed by atoms with E-state index in [-0.39, 0.29) is 11.4 Å². The van der Waals surface area contributed by atoms with E-state index in [2.05, 4.69) is 26.0 Å². The number of alkyl halides is 3. The van der Waals surface area contributed by atoms with Gasteiger partial charge >= 0.3 is 12.1 Å². The number of halogens is 4. The highest BCUT2D eigenvalue weighted by Crippen LogP contribution is 2.48. The summed E-state index contributed by atoms with van der Waals surface area (Å²) in [6, 6.07) is 4.49. The lowest BCUT2D eigenvalue weighted by atomic mass is 10.1. The molecule has 0 aliphatic carbocycles. The third kappa shape index (κ3) is 2.36. The maximum atomic E-state index is 13.2. The molecule has 0 saturated heterocycles. The molecule has 4 nitrogen and oxygen atoms in total. The molecule has 0 spiro atoms. The summed E-state index contributed by atoms with van der Waals surface area (Å²) in [4.78, 5) is 11.2. The predicted molar refractivity (Wildman–Crippen MR) is 63.8 cm³/mol. The number of carbonyl (C=O) groups excluding carboxylic acids is 1. The number of fused-ring (bicyclic) bond motifs is 1. The zero-order valence-electron chi connectivity index (χ0n) is 9.68. The summed E-state index contributed by atoms with van der Waals surface area (Å²) in [6.07, 6.45) is -5.76. The minimum absolute atomic E-state index is 0.0237. The first-order valence-electron chi connectivity index (χ1n) is 5.18. The summed E-state index contributed by atoms with van der Waals surface area (Å²) in [6.45, 7) is 0. The van der Waals surface area contributed by atoms with Gasteiger partial charge in [0.15, 0.2) is 0 Å². The molecule has 0 amide bonds. The molecular weight excluding hydrogens is 331 g/mol. The monoisotopic (exact) mass is 339 g/mol. The van der Waals surface area contributed by atoms with Crippen LogP contribution < -0.4 is 10.1 Å². The van der Waals surface area contributed by atoms with E-state index in [1.807, 2.05) is 0 Å². The second-order valence-corrected chi connectivity index (χ2v) is 4.77. The number of esters is 1. The van der Waals surface area contributed by atoms with Crippen LogP contribution in [0.5, 0.6) is 5.75 Å². The van der Waals surface area contributed by atoms with Crippen LogP contribution in [0.25, 0.3) is 0 Å². The molecule has 1 aliphatic rings. The Morgan fingerprint density at radius 3 is 2.74 bits per heavy atom. The second kappa shape index (κ2) is 4.59. The van der Waals surface area contributed by atoms with Crippen LogP contribution in [0.3, 0.4) is 0 Å². The van der Waals surface area contributed by atoms with Crippen LogP contribution in [-0.2, 0) is 9.53 Å². The van der Waals surface area contributed by atoms with Gasteiger partial charge in [0, 0.05) is 4.47 Å². The molecule has 8 heteroatoms. The molecule has 0 aromatic heterocycles. The Bertz CT molecular complexity index is 520. The third-order valence-corrected chi connectivity index (χ3v) is 3.33. The van der Waals surface area contributed by atoms with Crippen LogP contribution in [0.15, 0.2) is 22.7 Å². The lowest BCUT2D eigenvalue weighted by molar-refractivity contribution is -0.236. The number of hydrogen-bond donors (Lipinski definition) is 1. The first-order chi connectivity index (χ1) is 8.79. The number of carbonyl (C=O) groups is 1. The fourth-order valence-corrected chi connectivity index (χ4v) is 2.16. The number of ether oxygens (including phenoxy) is 2. The lowest BCUT2D eigenvalue weighted by Gasteiger charge is -2.30. The van der Waals surface area contributed by atoms with Crippen LogP contribution in [0.2, 0.25) is 0 Å². The van der Waals surface area contributed by atoms with Gasteiger partial charge in [-0.05, 0) is 28.1 Å². The van der Waals surface area contributed by atoms with Gasteiger partial charge in [0.05, 0.1) is 12.8 Å². The lowest BCUT2D eigenvalue weighted by Crippen LogP contribution is -2.55. The van der Waals surface area contributed by atoms with Crippen molar-refractivity contribution >= 4 is 27.6 Å². The zero-order chi connectivity index (χ0) is 14.3. The molecule has 0 fully saturated rings. The van der Waals surface area contributed by atoms with Crippen molar-refractivity contribution in [2.45, 2.75) is 18.3 Å². The molecular formula is C11H9BrF3NO3. The summed E-state index contributed by atoms with van der Waals surface area (Å²) in [7, 11) is 1.02. The molecule has 1 aromatic carbocycles. The Kier molecular flexibility index (Phi) is 3.38. The van der Waals surface area contributed by atoms with Gasteiger partial charge in [-0.15, -0.1) is 0 Å². The summed E-state index contributed by atoms with van der Waals surface area (Å²) in [5, 5.41) is 2.23. The van der Waals surface area contributed by atoms with E-state index >= 15 is 0 Å². The Morgan fingerprint density at radius 1 is 1.53 bits per heavy atom. The number of rotatable bonds is 2. The van der Waals surface area contributed by atoms with Crippen molar-refractivity contribution in [3.8, 4) is 5.75 Å². The SMILES string of the molecule is COC(=O)CC1(C(F)(F)F)Nc2c(Br)cccc2O1. The minimum atomic E-state index is -4.78. The maximum absolute atomic E-state index is 13.2. The van der Waals surface area contributed by atoms with E-state index in [1.54, 1.807) is 6.07 Å². The van der Waals surface area contributed by atoms with Gasteiger partial charge in [0.25, 0.3) is 5.72 Å². The van der Waals surface area contributed by atoms with E-state index in [9.17, 15) is 18.0 Å². The van der Waals surface area contributed by atoms with Gasteiger partial charge in [-0.2, -0.15) is 13.2 Å². The largest absolute Gasteiger partial charge is 0.469 e. The van der Waals surface area contributed by atoms with Crippen LogP contribution in [0.1, 0.15) is 6.42 Å². The van der Waals surface area contributed by atoms with E-state index in [4.69, 9.17) is 4.74 Å². The first-order valence-corrected chi connectivity index (χ1v) is 5.97. The molecule has 0 radical (unpaired) electrons. The minimum Gasteiger partial charge on any atom is -0.469 e. The quantitative estimate of drug-likeness (QED) is 0.841. The van der Waals surface area contributed by atoms with Crippen molar-refractivity contribution in [2.24, 2.45) is 0 Å². The van der Waals surface area contributed by atoms with Crippen molar-refractivity contribution in [1.82, 2.24) is 0 Å². The maximum Gasteiger partial charge on any atom is 0.449 e. The highest BCUT2D eigenvalue weighted by atomic mass is 79.9. The molecule has 0 bridgehead atoms. The summed E-state index contributed by atoms with van der Waals surface area (Å²) < 4.78 is 49.2. The van der Waals surface area contributed by atoms with Gasteiger partial charge < -0.3 is 14.8 Å². The molecule has 1 aliphatic heterocycles. The van der Waals surface area contributed by atoms with Crippen LogP contribution >= 0.6 is 15.9 Å². The standard InChI is InChI=1S/C11H9BrF3NO3/c1-18-8(17)5-10(11(13,14)15)16-9-6(12)3-2-4-7(9)19-10/h2-4,16H,5H2,1H3. The van der Waals surface area contributed by atoms with Crippen molar-refractivity contribution in [2.75, 3.05) is 12.4 Å². The third-order valence-electron chi connectivity index (χ3n) is 2.67. The van der Waals surface area contributed by atoms with E-state index in [0.717, 1.165) is 7.11 Å². The van der Waals surface area contributed by atoms with Crippen LogP contribution in [0, 0.1) is 0 Å². The molecule has 1 unspecified atom stereocenters. The number of benzene rings is 1. The molecule has 1 heterocycles. The van der Waals surface area contributed by atoms with Crippen molar-refractivity contribution in [1.29, 1.82) is 0 Å². The molecule has 1 aromatic rings. The van der Waals surface area contributed by atoms with Gasteiger partial charge in [-0.3, -0.25) is 4.79 Å². The van der Waals surface area contributed by atoms with Crippen molar-refractivity contribution in [3.63, 3.8) is 0 Å². The molecule has 1 N–H and O–H groups in total. The van der Waals surface area contributed by atoms with Crippen molar-refractivity contribution < 1.29 is 27.4 Å². The highest BCUT2D eigenvalue weighted by Gasteiger charge is 2.62. The fraction of sp³-hybridized carbons (Fsp3) is 0.364. The molecule has 19 heavy (non-hydrogen) atoms. The fourth-order valence-electron chi connectivity index (χ4n) is 1.71. The van der Waals surface area contributed by atoms with Crippen LogP contribution in [-0.4, -0.2) is 25.0 Å². The number of para-hydroxylation sites is 1. The number of methoxy groups -OCH3 is 1. The topological polar surface area (TPSA) is 47.6 Å². The molecule has 104 valence electrons. The van der Waals surface area contributed by atoms with E-state index in [0.29, 0.717) is 4.47 Å². The Balaban J connectivity index is 2.40. The average Bonchev–Trinajstić information content (AvgIpc) is 2.69. The van der Waals surface area contributed by atoms with Gasteiger partial charge in [-0.1, -0.05) is 6.07 Å². The number of nitrogens with one attached hydrogen (secondary N) is 1. The highest BCUT2D eigenvalue weighted by molar-refractivity contribution is 9.10. The van der Waals surface area contributed by atoms with Crippen LogP contribution in [0.4, 0.5) is 18.9 Å². The van der Waals surface area contributed by atoms with Crippen molar-refractivity contribution in [3.05, 3.63) is 22.7 Å². The summed E-state index contributed by atoms with van der Waals surface area (Å²) in [5.74, 6) is -0.996. The predicted octanol–water partition coefficient (Wildman–Crippen LogP) is 3.08. The Labute approximate surface area is 115 Å². The number of hydrogen-bond acceptors (Lipinski definition) is 4. The smallest absolute Gasteiger partial charge is 0.449 e. The van der Waals surface area contributed by atoms with Gasteiger partial charge in [0.2, 0.25) is 0 Å². The van der Waals surface area contributed by atoms with Gasteiger partial charge in [0.1, 0.15) is 12.2 Å². The first kappa shape index (κ1) is 14.0. The molecule has 0 saturated carbocycles. The molecule has 1 atom stereocenters. The normalized spacial score (nSPS) is 21.3. The average molecular weight is 340 g/mol. The summed E-state index contributed by atoms with van der Waals surface area (Å²) >= 11 is 3.12. The Morgan fingerprint density at radius 2 is 2.21 bits per heavy atom.